The number of carbonyl (C=O) groups is 2. The Morgan fingerprint density at radius 3 is 1.54 bits per heavy atom. The summed E-state index contributed by atoms with van der Waals surface area (Å²) in [5.41, 5.74) is 1.75. The number of unbranched alkanes of at least 4 members (excludes halogenated alkanes) is 13. The SMILES string of the molecule is CCCCCCCCCCCCCCCCc1ccc(C(=O)C=O)cc1. The number of aldehydes is 1. The van der Waals surface area contributed by atoms with Gasteiger partial charge in [0.15, 0.2) is 6.29 Å². The average molecular weight is 359 g/mol. The fraction of sp³-hybridized carbons (Fsp3) is 0.667. The van der Waals surface area contributed by atoms with E-state index >= 15 is 0 Å². The van der Waals surface area contributed by atoms with Crippen LogP contribution in [0.4, 0.5) is 0 Å². The molecular formula is C24H38O2. The third-order valence-corrected chi connectivity index (χ3v) is 5.16. The monoisotopic (exact) mass is 358 g/mol. The number of hydrogen-bond acceptors (Lipinski definition) is 2. The molecule has 26 heavy (non-hydrogen) atoms. The van der Waals surface area contributed by atoms with Crippen LogP contribution in [0, 0.1) is 0 Å². The number of Topliss-reactive ketones (excluding diaryl/α,β-unsaturated/α-hetero) is 1. The molecule has 0 aliphatic carbocycles. The van der Waals surface area contributed by atoms with E-state index in [9.17, 15) is 9.59 Å². The van der Waals surface area contributed by atoms with Gasteiger partial charge in [0.25, 0.3) is 0 Å². The number of hydrogen-bond donors (Lipinski definition) is 0. The first kappa shape index (κ1) is 22.6. The van der Waals surface area contributed by atoms with Crippen LogP contribution in [0.15, 0.2) is 24.3 Å². The predicted octanol–water partition coefficient (Wildman–Crippen LogP) is 7.09. The Bertz CT molecular complexity index is 475. The Kier molecular flexibility index (Phi) is 13.7. The van der Waals surface area contributed by atoms with Gasteiger partial charge in [0, 0.05) is 5.56 Å². The Balaban J connectivity index is 1.89. The van der Waals surface area contributed by atoms with Gasteiger partial charge in [-0.2, -0.15) is 0 Å². The van der Waals surface area contributed by atoms with Crippen LogP contribution in [0.5, 0.6) is 0 Å². The highest BCUT2D eigenvalue weighted by Crippen LogP contribution is 2.14. The minimum atomic E-state index is -0.437. The summed E-state index contributed by atoms with van der Waals surface area (Å²) in [6.45, 7) is 2.28. The zero-order valence-corrected chi connectivity index (χ0v) is 16.8. The zero-order chi connectivity index (χ0) is 18.9. The highest BCUT2D eigenvalue weighted by Gasteiger charge is 2.03. The maximum absolute atomic E-state index is 11.3. The molecule has 0 aliphatic heterocycles. The Morgan fingerprint density at radius 1 is 0.692 bits per heavy atom. The van der Waals surface area contributed by atoms with E-state index in [4.69, 9.17) is 0 Å². The molecule has 146 valence electrons. The summed E-state index contributed by atoms with van der Waals surface area (Å²) in [5.74, 6) is -0.437. The van der Waals surface area contributed by atoms with Gasteiger partial charge in [-0.3, -0.25) is 9.59 Å². The number of aryl methyl sites for hydroxylation is 1. The highest BCUT2D eigenvalue weighted by atomic mass is 16.2. The first-order valence-corrected chi connectivity index (χ1v) is 10.9. The second kappa shape index (κ2) is 15.8. The van der Waals surface area contributed by atoms with Crippen LogP contribution in [-0.2, 0) is 11.2 Å². The molecule has 0 heterocycles. The standard InChI is InChI=1S/C24H38O2/c1-2-3-4-5-6-7-8-9-10-11-12-13-14-15-16-22-17-19-23(20-18-22)24(26)21-25/h17-21H,2-16H2,1H3. The maximum atomic E-state index is 11.3. The van der Waals surface area contributed by atoms with Crippen molar-refractivity contribution in [3.63, 3.8) is 0 Å². The number of benzene rings is 1. The molecule has 0 aliphatic rings. The summed E-state index contributed by atoms with van der Waals surface area (Å²) >= 11 is 0. The average Bonchev–Trinajstić information content (AvgIpc) is 2.68. The predicted molar refractivity (Wildman–Crippen MR) is 111 cm³/mol. The van der Waals surface area contributed by atoms with Crippen LogP contribution in [0.3, 0.4) is 0 Å². The summed E-state index contributed by atoms with van der Waals surface area (Å²) in [4.78, 5) is 21.7. The van der Waals surface area contributed by atoms with Crippen LogP contribution >= 0.6 is 0 Å². The van der Waals surface area contributed by atoms with Crippen molar-refractivity contribution in [2.24, 2.45) is 0 Å². The van der Waals surface area contributed by atoms with Crippen LogP contribution in [0.2, 0.25) is 0 Å². The summed E-state index contributed by atoms with van der Waals surface area (Å²) in [5, 5.41) is 0. The summed E-state index contributed by atoms with van der Waals surface area (Å²) in [7, 11) is 0. The largest absolute Gasteiger partial charge is 0.294 e. The van der Waals surface area contributed by atoms with Crippen molar-refractivity contribution in [1.82, 2.24) is 0 Å². The molecule has 1 aromatic carbocycles. The lowest BCUT2D eigenvalue weighted by atomic mass is 10.0. The van der Waals surface area contributed by atoms with E-state index < -0.39 is 5.78 Å². The van der Waals surface area contributed by atoms with Crippen LogP contribution < -0.4 is 0 Å². The summed E-state index contributed by atoms with van der Waals surface area (Å²) < 4.78 is 0. The number of ketones is 1. The third kappa shape index (κ3) is 11.2. The van der Waals surface area contributed by atoms with Crippen LogP contribution in [0.25, 0.3) is 0 Å². The normalized spacial score (nSPS) is 10.8. The molecule has 0 N–H and O–H groups in total. The van der Waals surface area contributed by atoms with Crippen molar-refractivity contribution in [2.75, 3.05) is 0 Å². The van der Waals surface area contributed by atoms with E-state index in [-0.39, 0.29) is 0 Å². The molecule has 0 unspecified atom stereocenters. The zero-order valence-electron chi connectivity index (χ0n) is 16.8. The van der Waals surface area contributed by atoms with Crippen molar-refractivity contribution >= 4 is 12.1 Å². The Hall–Kier alpha value is -1.44. The molecule has 1 aromatic rings. The van der Waals surface area contributed by atoms with Crippen molar-refractivity contribution < 1.29 is 9.59 Å². The molecule has 2 heteroatoms. The first-order chi connectivity index (χ1) is 12.8. The van der Waals surface area contributed by atoms with Gasteiger partial charge in [-0.25, -0.2) is 0 Å². The Labute approximate surface area is 160 Å². The van der Waals surface area contributed by atoms with Gasteiger partial charge < -0.3 is 0 Å². The van der Waals surface area contributed by atoms with E-state index in [0.29, 0.717) is 11.8 Å². The van der Waals surface area contributed by atoms with Crippen LogP contribution in [-0.4, -0.2) is 12.1 Å². The molecule has 0 saturated heterocycles. The minimum Gasteiger partial charge on any atom is -0.294 e. The van der Waals surface area contributed by atoms with Gasteiger partial charge in [0.05, 0.1) is 0 Å². The van der Waals surface area contributed by atoms with Crippen molar-refractivity contribution in [3.05, 3.63) is 35.4 Å². The quantitative estimate of drug-likeness (QED) is 0.129. The molecular weight excluding hydrogens is 320 g/mol. The van der Waals surface area contributed by atoms with E-state index in [1.54, 1.807) is 12.1 Å². The van der Waals surface area contributed by atoms with E-state index in [1.807, 2.05) is 12.1 Å². The molecule has 0 bridgehead atoms. The molecule has 0 radical (unpaired) electrons. The van der Waals surface area contributed by atoms with Gasteiger partial charge in [-0.05, 0) is 18.4 Å². The topological polar surface area (TPSA) is 34.1 Å². The molecule has 0 amide bonds. The van der Waals surface area contributed by atoms with Gasteiger partial charge in [0.1, 0.15) is 0 Å². The summed E-state index contributed by atoms with van der Waals surface area (Å²) in [6.07, 6.45) is 20.7. The van der Waals surface area contributed by atoms with E-state index in [1.165, 1.54) is 95.5 Å². The lowest BCUT2D eigenvalue weighted by Crippen LogP contribution is -1.99. The second-order valence-corrected chi connectivity index (χ2v) is 7.53. The molecule has 0 saturated carbocycles. The van der Waals surface area contributed by atoms with E-state index in [2.05, 4.69) is 6.92 Å². The first-order valence-electron chi connectivity index (χ1n) is 10.9. The number of rotatable bonds is 17. The van der Waals surface area contributed by atoms with Gasteiger partial charge in [-0.1, -0.05) is 115 Å². The van der Waals surface area contributed by atoms with Gasteiger partial charge in [-0.15, -0.1) is 0 Å². The fourth-order valence-electron chi connectivity index (χ4n) is 3.43. The van der Waals surface area contributed by atoms with E-state index in [0.717, 1.165) is 6.42 Å². The third-order valence-electron chi connectivity index (χ3n) is 5.16. The maximum Gasteiger partial charge on any atom is 0.225 e. The highest BCUT2D eigenvalue weighted by molar-refractivity contribution is 6.33. The molecule has 0 fully saturated rings. The van der Waals surface area contributed by atoms with Crippen molar-refractivity contribution in [3.8, 4) is 0 Å². The molecule has 1 rings (SSSR count). The summed E-state index contributed by atoms with van der Waals surface area (Å²) in [6, 6.07) is 7.46. The fourth-order valence-corrected chi connectivity index (χ4v) is 3.43. The molecule has 2 nitrogen and oxygen atoms in total. The molecule has 0 atom stereocenters. The van der Waals surface area contributed by atoms with Crippen LogP contribution in [0.1, 0.15) is 113 Å². The minimum absolute atomic E-state index is 0.378. The molecule has 0 aromatic heterocycles. The lowest BCUT2D eigenvalue weighted by Gasteiger charge is -2.04. The number of carbonyl (C=O) groups excluding carboxylic acids is 2. The van der Waals surface area contributed by atoms with Gasteiger partial charge in [0.2, 0.25) is 5.78 Å². The second-order valence-electron chi connectivity index (χ2n) is 7.53. The molecule has 0 spiro atoms. The van der Waals surface area contributed by atoms with Crippen molar-refractivity contribution in [1.29, 1.82) is 0 Å². The smallest absolute Gasteiger partial charge is 0.225 e. The van der Waals surface area contributed by atoms with Crippen molar-refractivity contribution in [2.45, 2.75) is 103 Å². The van der Waals surface area contributed by atoms with Gasteiger partial charge >= 0.3 is 0 Å². The lowest BCUT2D eigenvalue weighted by molar-refractivity contribution is -0.104. The Morgan fingerprint density at radius 2 is 1.12 bits per heavy atom.